The van der Waals surface area contributed by atoms with Crippen molar-refractivity contribution in [2.24, 2.45) is 0 Å². The zero-order chi connectivity index (χ0) is 37.7. The molecule has 1 unspecified atom stereocenters. The predicted molar refractivity (Wildman–Crippen MR) is 181 cm³/mol. The lowest BCUT2D eigenvalue weighted by Crippen LogP contribution is -2.54. The maximum Gasteiger partial charge on any atom is 0.430 e. The van der Waals surface area contributed by atoms with E-state index in [9.17, 15) is 41.0 Å². The molecule has 0 fully saturated rings. The van der Waals surface area contributed by atoms with E-state index in [-0.39, 0.29) is 36.4 Å². The van der Waals surface area contributed by atoms with E-state index in [1.54, 1.807) is 25.1 Å². The molecule has 2 aromatic carbocycles. The van der Waals surface area contributed by atoms with E-state index in [1.807, 2.05) is 19.9 Å². The first-order chi connectivity index (χ1) is 24.2. The molecule has 0 radical (unpaired) electrons. The number of allylic oxidation sites excluding steroid dienone is 1. The van der Waals surface area contributed by atoms with Gasteiger partial charge in [0.05, 0.1) is 12.6 Å². The topological polar surface area (TPSA) is 97.3 Å². The highest BCUT2D eigenvalue weighted by atomic mass is 19.4. The lowest BCUT2D eigenvalue weighted by molar-refractivity contribution is -0.376. The molecule has 2 N–H and O–H groups in total. The van der Waals surface area contributed by atoms with Crippen molar-refractivity contribution >= 4 is 18.5 Å². The van der Waals surface area contributed by atoms with Crippen LogP contribution < -0.4 is 19.5 Å². The number of hydrogen-bond donors (Lipinski definition) is 2. The van der Waals surface area contributed by atoms with Gasteiger partial charge in [-0.1, -0.05) is 64.7 Å². The number of fused-ring (bicyclic) bond motifs is 1. The van der Waals surface area contributed by atoms with Crippen LogP contribution in [0.25, 0.3) is 6.08 Å². The second-order valence-corrected chi connectivity index (χ2v) is 12.4. The highest BCUT2D eigenvalue weighted by molar-refractivity contribution is 5.85. The molecule has 1 heterocycles. The molecule has 0 saturated heterocycles. The number of unbranched alkanes of at least 4 members (excludes halogenated alkanes) is 5. The monoisotopic (exact) mass is 730 g/mol. The molecule has 0 aliphatic carbocycles. The summed E-state index contributed by atoms with van der Waals surface area (Å²) in [5, 5.41) is 13.0. The number of nitrogens with one attached hydrogen (secondary N) is 1. The number of carbonyl (C=O) groups is 2. The van der Waals surface area contributed by atoms with Crippen molar-refractivity contribution in [3.63, 3.8) is 0 Å². The molecule has 0 saturated carbocycles. The summed E-state index contributed by atoms with van der Waals surface area (Å²) < 4.78 is 100. The van der Waals surface area contributed by atoms with Crippen LogP contribution in [-0.2, 0) is 16.8 Å². The fourth-order valence-electron chi connectivity index (χ4n) is 5.75. The van der Waals surface area contributed by atoms with E-state index >= 15 is 0 Å². The Kier molecular flexibility index (Phi) is 15.5. The van der Waals surface area contributed by atoms with E-state index in [0.29, 0.717) is 75.4 Å². The Labute approximate surface area is 295 Å². The van der Waals surface area contributed by atoms with Crippen LogP contribution in [0.2, 0.25) is 0 Å². The van der Waals surface area contributed by atoms with Crippen molar-refractivity contribution in [3.05, 3.63) is 58.7 Å². The van der Waals surface area contributed by atoms with Gasteiger partial charge in [0.2, 0.25) is 6.41 Å². The van der Waals surface area contributed by atoms with Crippen molar-refractivity contribution in [2.45, 2.75) is 109 Å². The molecule has 8 nitrogen and oxygen atoms in total. The summed E-state index contributed by atoms with van der Waals surface area (Å²) >= 11 is 0. The maximum atomic E-state index is 13.9. The fourth-order valence-corrected chi connectivity index (χ4v) is 5.75. The third kappa shape index (κ3) is 10.8. The number of urea groups is 1. The fraction of sp³-hybridized carbons (Fsp3) is 0.568. The van der Waals surface area contributed by atoms with Crippen molar-refractivity contribution < 1.29 is 55.2 Å². The summed E-state index contributed by atoms with van der Waals surface area (Å²) in [6.07, 6.45) is -2.70. The third-order valence-electron chi connectivity index (χ3n) is 8.58. The summed E-state index contributed by atoms with van der Waals surface area (Å²) in [5.41, 5.74) is -5.57. The van der Waals surface area contributed by atoms with Crippen LogP contribution in [0, 0.1) is 0 Å². The van der Waals surface area contributed by atoms with Crippen molar-refractivity contribution in [3.8, 4) is 17.2 Å². The molecule has 0 aromatic heterocycles. The van der Waals surface area contributed by atoms with E-state index in [4.69, 9.17) is 14.2 Å². The van der Waals surface area contributed by atoms with Gasteiger partial charge in [-0.05, 0) is 73.9 Å². The van der Waals surface area contributed by atoms with Gasteiger partial charge in [0.15, 0.2) is 11.5 Å². The lowest BCUT2D eigenvalue weighted by atomic mass is 9.87. The highest BCUT2D eigenvalue weighted by Crippen LogP contribution is 2.51. The quantitative estimate of drug-likeness (QED) is 0.0851. The van der Waals surface area contributed by atoms with E-state index in [0.717, 1.165) is 36.1 Å². The van der Waals surface area contributed by atoms with Gasteiger partial charge in [0.25, 0.3) is 5.60 Å². The Hall–Kier alpha value is -3.94. The number of nitrogens with zero attached hydrogens (tertiary/aromatic N) is 1. The Bertz CT molecular complexity index is 1450. The molecule has 1 aliphatic rings. The predicted octanol–water partition coefficient (Wildman–Crippen LogP) is 9.18. The third-order valence-corrected chi connectivity index (χ3v) is 8.58. The Morgan fingerprint density at radius 2 is 1.65 bits per heavy atom. The number of alkyl halides is 6. The van der Waals surface area contributed by atoms with Gasteiger partial charge >= 0.3 is 18.4 Å². The molecule has 1 atom stereocenters. The smallest absolute Gasteiger partial charge is 0.430 e. The summed E-state index contributed by atoms with van der Waals surface area (Å²) in [6, 6.07) is 5.73. The molecule has 3 amide bonds. The van der Waals surface area contributed by atoms with Crippen molar-refractivity contribution in [2.75, 3.05) is 26.4 Å². The maximum absolute atomic E-state index is 13.9. The zero-order valence-corrected chi connectivity index (χ0v) is 29.3. The van der Waals surface area contributed by atoms with E-state index < -0.39 is 35.6 Å². The minimum Gasteiger partial charge on any atom is -0.493 e. The molecule has 0 bridgehead atoms. The first-order valence-electron chi connectivity index (χ1n) is 17.5. The van der Waals surface area contributed by atoms with Gasteiger partial charge in [-0.2, -0.15) is 26.3 Å². The number of aryl methyl sites for hydroxylation is 1. The van der Waals surface area contributed by atoms with E-state index in [1.165, 1.54) is 6.08 Å². The van der Waals surface area contributed by atoms with Crippen LogP contribution in [0.5, 0.6) is 17.2 Å². The lowest BCUT2D eigenvalue weighted by Gasteiger charge is -2.33. The van der Waals surface area contributed by atoms with Crippen LogP contribution in [0.1, 0.15) is 107 Å². The summed E-state index contributed by atoms with van der Waals surface area (Å²) in [4.78, 5) is 25.8. The van der Waals surface area contributed by atoms with Crippen LogP contribution in [-0.4, -0.2) is 61.2 Å². The molecule has 51 heavy (non-hydrogen) atoms. The second kappa shape index (κ2) is 19.1. The number of rotatable bonds is 19. The molecular formula is C37H48F6N2O6. The molecule has 0 spiro atoms. The van der Waals surface area contributed by atoms with Gasteiger partial charge in [-0.15, -0.1) is 0 Å². The molecule has 284 valence electrons. The number of ether oxygens (including phenoxy) is 3. The largest absolute Gasteiger partial charge is 0.493 e. The Balaban J connectivity index is 1.74. The minimum absolute atomic E-state index is 0.000686. The summed E-state index contributed by atoms with van der Waals surface area (Å²) in [6.45, 7) is 6.52. The van der Waals surface area contributed by atoms with Gasteiger partial charge in [-0.25, -0.2) is 4.79 Å². The van der Waals surface area contributed by atoms with Crippen molar-refractivity contribution in [1.29, 1.82) is 0 Å². The Morgan fingerprint density at radius 3 is 2.27 bits per heavy atom. The first-order valence-corrected chi connectivity index (χ1v) is 17.5. The number of amides is 3. The molecule has 1 aliphatic heterocycles. The van der Waals surface area contributed by atoms with Crippen LogP contribution in [0.3, 0.4) is 0 Å². The van der Waals surface area contributed by atoms with Gasteiger partial charge < -0.3 is 24.6 Å². The van der Waals surface area contributed by atoms with Gasteiger partial charge in [-0.3, -0.25) is 9.69 Å². The number of imide groups is 1. The first kappa shape index (κ1) is 41.5. The average molecular weight is 731 g/mol. The highest BCUT2D eigenvalue weighted by Gasteiger charge is 2.71. The Morgan fingerprint density at radius 1 is 0.941 bits per heavy atom. The number of carbonyl (C=O) groups excluding carboxylic acids is 2. The van der Waals surface area contributed by atoms with Gasteiger partial charge in [0, 0.05) is 17.7 Å². The van der Waals surface area contributed by atoms with Gasteiger partial charge in [0.1, 0.15) is 19.0 Å². The normalized spacial score (nSPS) is 14.0. The molecule has 2 aromatic rings. The van der Waals surface area contributed by atoms with Crippen LogP contribution in [0.15, 0.2) is 36.4 Å². The average Bonchev–Trinajstić information content (AvgIpc) is 3.09. The summed E-state index contributed by atoms with van der Waals surface area (Å²) in [5.74, 6) is 1.29. The summed E-state index contributed by atoms with van der Waals surface area (Å²) in [7, 11) is 0. The number of benzene rings is 2. The molecule has 14 heteroatoms. The zero-order valence-electron chi connectivity index (χ0n) is 29.3. The molecular weight excluding hydrogens is 682 g/mol. The molecule has 3 rings (SSSR count). The standard InChI is InChI=1S/C37H48F6N2O6/c1-4-7-8-9-10-11-15-28-23-29(35(48,36(38,39)40)37(41,42)43)22-27(14-5-2)33(28)51-19-13-12-18-45(25-46)34(47)44-30(6-3)26-16-17-31-32(24-26)50-21-20-49-31/h11,15-17,22-25,30,48H,4-10,12-14,18-21H2,1-3H3,(H,44,47)/b15-11+. The minimum atomic E-state index is -6.03. The number of aliphatic hydroxyl groups is 1. The SMILES string of the molecule is CCCCCC/C=C/c1cc(C(O)(C(F)(F)F)C(F)(F)F)cc(CCC)c1OCCCCN(C=O)C(=O)NC(CC)c1ccc2c(c1)OCCO2. The number of halogens is 6. The van der Waals surface area contributed by atoms with E-state index in [2.05, 4.69) is 5.32 Å². The second-order valence-electron chi connectivity index (χ2n) is 12.4. The van der Waals surface area contributed by atoms with Crippen LogP contribution in [0.4, 0.5) is 31.1 Å². The van der Waals surface area contributed by atoms with Crippen LogP contribution >= 0.6 is 0 Å². The van der Waals surface area contributed by atoms with Crippen molar-refractivity contribution in [1.82, 2.24) is 10.2 Å². The number of hydrogen-bond acceptors (Lipinski definition) is 6.